The maximum atomic E-state index is 12.2. The second-order valence-corrected chi connectivity index (χ2v) is 4.77. The molecule has 1 fully saturated rings. The number of rotatable bonds is 5. The third kappa shape index (κ3) is 2.97. The quantitative estimate of drug-likeness (QED) is 0.633. The predicted octanol–water partition coefficient (Wildman–Crippen LogP) is -1.10. The fraction of sp³-hybridized carbons (Fsp3) is 0.583. The van der Waals surface area contributed by atoms with Crippen LogP contribution >= 0.6 is 0 Å². The molecule has 8 nitrogen and oxygen atoms in total. The lowest BCUT2D eigenvalue weighted by Gasteiger charge is -2.19. The van der Waals surface area contributed by atoms with Crippen LogP contribution in [-0.4, -0.2) is 53.1 Å². The van der Waals surface area contributed by atoms with Crippen LogP contribution in [-0.2, 0) is 21.4 Å². The van der Waals surface area contributed by atoms with Crippen molar-refractivity contribution in [2.45, 2.75) is 12.1 Å². The van der Waals surface area contributed by atoms with Crippen LogP contribution < -0.4 is 10.6 Å². The average molecular weight is 282 g/mol. The van der Waals surface area contributed by atoms with Gasteiger partial charge in [-0.2, -0.15) is 5.10 Å². The monoisotopic (exact) mass is 282 g/mol. The Morgan fingerprint density at radius 2 is 2.30 bits per heavy atom. The Hall–Kier alpha value is -1.93. The molecule has 1 aliphatic heterocycles. The van der Waals surface area contributed by atoms with Gasteiger partial charge in [0, 0.05) is 24.8 Å². The third-order valence-corrected chi connectivity index (χ3v) is 3.38. The summed E-state index contributed by atoms with van der Waals surface area (Å²) in [4.78, 5) is 23.5. The van der Waals surface area contributed by atoms with Crippen molar-refractivity contribution < 1.29 is 19.4 Å². The van der Waals surface area contributed by atoms with Crippen molar-refractivity contribution in [3.8, 4) is 0 Å². The van der Waals surface area contributed by atoms with E-state index in [1.54, 1.807) is 20.3 Å². The lowest BCUT2D eigenvalue weighted by Crippen LogP contribution is -2.45. The van der Waals surface area contributed by atoms with Crippen molar-refractivity contribution in [1.29, 1.82) is 0 Å². The number of aryl methyl sites for hydroxylation is 1. The number of carbonyl (C=O) groups excluding carboxylic acids is 1. The van der Waals surface area contributed by atoms with Crippen molar-refractivity contribution >= 4 is 11.9 Å². The van der Waals surface area contributed by atoms with Crippen molar-refractivity contribution in [3.63, 3.8) is 0 Å². The highest BCUT2D eigenvalue weighted by Gasteiger charge is 2.35. The van der Waals surface area contributed by atoms with Gasteiger partial charge in [0.2, 0.25) is 5.91 Å². The lowest BCUT2D eigenvalue weighted by atomic mass is 10.0. The SMILES string of the molecule is CNC1COCC1C(=O)NC(C(=O)O)c1cnn(C)c1. The maximum Gasteiger partial charge on any atom is 0.331 e. The summed E-state index contributed by atoms with van der Waals surface area (Å²) in [7, 11) is 3.43. The molecule has 3 atom stereocenters. The molecule has 1 saturated heterocycles. The molecule has 0 saturated carbocycles. The molecule has 0 aliphatic carbocycles. The highest BCUT2D eigenvalue weighted by molar-refractivity contribution is 5.86. The first-order valence-corrected chi connectivity index (χ1v) is 6.29. The fourth-order valence-corrected chi connectivity index (χ4v) is 2.22. The summed E-state index contributed by atoms with van der Waals surface area (Å²) in [5, 5.41) is 18.7. The number of amides is 1. The summed E-state index contributed by atoms with van der Waals surface area (Å²) < 4.78 is 6.74. The van der Waals surface area contributed by atoms with E-state index in [9.17, 15) is 14.7 Å². The van der Waals surface area contributed by atoms with E-state index in [0.29, 0.717) is 12.2 Å². The molecule has 1 amide bonds. The van der Waals surface area contributed by atoms with Gasteiger partial charge in [-0.15, -0.1) is 0 Å². The van der Waals surface area contributed by atoms with E-state index >= 15 is 0 Å². The summed E-state index contributed by atoms with van der Waals surface area (Å²) in [6.45, 7) is 0.732. The van der Waals surface area contributed by atoms with Crippen molar-refractivity contribution in [2.75, 3.05) is 20.3 Å². The van der Waals surface area contributed by atoms with Crippen LogP contribution in [0.25, 0.3) is 0 Å². The second kappa shape index (κ2) is 6.02. The number of aromatic nitrogens is 2. The lowest BCUT2D eigenvalue weighted by molar-refractivity contribution is -0.142. The molecule has 1 aliphatic rings. The molecule has 0 bridgehead atoms. The third-order valence-electron chi connectivity index (χ3n) is 3.38. The van der Waals surface area contributed by atoms with Crippen LogP contribution in [0.4, 0.5) is 0 Å². The van der Waals surface area contributed by atoms with Crippen molar-refractivity contribution in [3.05, 3.63) is 18.0 Å². The molecule has 0 spiro atoms. The van der Waals surface area contributed by atoms with Gasteiger partial charge in [0.25, 0.3) is 0 Å². The van der Waals surface area contributed by atoms with E-state index in [-0.39, 0.29) is 18.6 Å². The number of nitrogens with one attached hydrogen (secondary N) is 2. The number of ether oxygens (including phenoxy) is 1. The number of likely N-dealkylation sites (N-methyl/N-ethyl adjacent to an activating group) is 1. The molecule has 3 N–H and O–H groups in total. The number of carbonyl (C=O) groups is 2. The molecule has 110 valence electrons. The maximum absolute atomic E-state index is 12.2. The summed E-state index contributed by atoms with van der Waals surface area (Å²) in [5.41, 5.74) is 0.438. The van der Waals surface area contributed by atoms with Gasteiger partial charge in [0.05, 0.1) is 25.3 Å². The topological polar surface area (TPSA) is 105 Å². The predicted molar refractivity (Wildman–Crippen MR) is 68.9 cm³/mol. The normalized spacial score (nSPS) is 23.5. The number of hydrogen-bond acceptors (Lipinski definition) is 5. The molecule has 0 aromatic carbocycles. The fourth-order valence-electron chi connectivity index (χ4n) is 2.22. The Balaban J connectivity index is 2.09. The highest BCUT2D eigenvalue weighted by atomic mass is 16.5. The van der Waals surface area contributed by atoms with Gasteiger partial charge in [-0.3, -0.25) is 9.48 Å². The van der Waals surface area contributed by atoms with E-state index in [2.05, 4.69) is 15.7 Å². The molecular formula is C12H18N4O4. The number of carboxylic acid groups (broad SMARTS) is 1. The van der Waals surface area contributed by atoms with E-state index in [4.69, 9.17) is 4.74 Å². The van der Waals surface area contributed by atoms with Crippen LogP contribution in [0.1, 0.15) is 11.6 Å². The van der Waals surface area contributed by atoms with Gasteiger partial charge in [-0.1, -0.05) is 0 Å². The zero-order chi connectivity index (χ0) is 14.7. The van der Waals surface area contributed by atoms with Crippen LogP contribution in [0.15, 0.2) is 12.4 Å². The van der Waals surface area contributed by atoms with Crippen molar-refractivity contribution in [1.82, 2.24) is 20.4 Å². The second-order valence-electron chi connectivity index (χ2n) is 4.77. The van der Waals surface area contributed by atoms with Crippen molar-refractivity contribution in [2.24, 2.45) is 13.0 Å². The van der Waals surface area contributed by atoms with Gasteiger partial charge >= 0.3 is 5.97 Å². The summed E-state index contributed by atoms with van der Waals surface area (Å²) in [5.74, 6) is -1.84. The Morgan fingerprint density at radius 1 is 1.55 bits per heavy atom. The molecule has 20 heavy (non-hydrogen) atoms. The number of nitrogens with zero attached hydrogens (tertiary/aromatic N) is 2. The minimum absolute atomic E-state index is 0.0988. The molecule has 2 rings (SSSR count). The van der Waals surface area contributed by atoms with E-state index in [0.717, 1.165) is 0 Å². The minimum atomic E-state index is -1.12. The Bertz CT molecular complexity index is 501. The van der Waals surface area contributed by atoms with Crippen LogP contribution in [0.3, 0.4) is 0 Å². The first kappa shape index (κ1) is 14.5. The molecule has 0 radical (unpaired) electrons. The standard InChI is InChI=1S/C12H18N4O4/c1-13-9-6-20-5-8(9)11(17)15-10(12(18)19)7-3-14-16(2)4-7/h3-4,8-10,13H,5-6H2,1-2H3,(H,15,17)(H,18,19). The minimum Gasteiger partial charge on any atom is -0.479 e. The average Bonchev–Trinajstić information content (AvgIpc) is 3.03. The summed E-state index contributed by atoms with van der Waals surface area (Å²) >= 11 is 0. The highest BCUT2D eigenvalue weighted by Crippen LogP contribution is 2.17. The molecule has 1 aromatic heterocycles. The largest absolute Gasteiger partial charge is 0.479 e. The van der Waals surface area contributed by atoms with E-state index in [1.165, 1.54) is 10.9 Å². The first-order chi connectivity index (χ1) is 9.52. The van der Waals surface area contributed by atoms with Gasteiger partial charge in [0.1, 0.15) is 0 Å². The zero-order valence-corrected chi connectivity index (χ0v) is 11.4. The molecule has 3 unspecified atom stereocenters. The Morgan fingerprint density at radius 3 is 2.85 bits per heavy atom. The van der Waals surface area contributed by atoms with Gasteiger partial charge in [-0.05, 0) is 7.05 Å². The Kier molecular flexibility index (Phi) is 4.35. The molecular weight excluding hydrogens is 264 g/mol. The smallest absolute Gasteiger partial charge is 0.331 e. The van der Waals surface area contributed by atoms with Crippen LogP contribution in [0.2, 0.25) is 0 Å². The van der Waals surface area contributed by atoms with Crippen LogP contribution in [0, 0.1) is 5.92 Å². The van der Waals surface area contributed by atoms with E-state index in [1.807, 2.05) is 0 Å². The summed E-state index contributed by atoms with van der Waals surface area (Å²) in [6, 6.07) is -1.20. The number of carboxylic acids is 1. The van der Waals surface area contributed by atoms with Gasteiger partial charge < -0.3 is 20.5 Å². The molecule has 1 aromatic rings. The molecule has 8 heteroatoms. The molecule has 2 heterocycles. The van der Waals surface area contributed by atoms with E-state index < -0.39 is 17.9 Å². The summed E-state index contributed by atoms with van der Waals surface area (Å²) in [6.07, 6.45) is 3.00. The van der Waals surface area contributed by atoms with Gasteiger partial charge in [0.15, 0.2) is 6.04 Å². The Labute approximate surface area is 116 Å². The number of aliphatic carboxylic acids is 1. The van der Waals surface area contributed by atoms with Crippen LogP contribution in [0.5, 0.6) is 0 Å². The van der Waals surface area contributed by atoms with Gasteiger partial charge in [-0.25, -0.2) is 4.79 Å². The first-order valence-electron chi connectivity index (χ1n) is 6.29. The number of hydrogen-bond donors (Lipinski definition) is 3. The zero-order valence-electron chi connectivity index (χ0n) is 11.4.